The van der Waals surface area contributed by atoms with Crippen LogP contribution in [-0.4, -0.2) is 45.3 Å². The molecule has 1 aromatic heterocycles. The third-order valence-electron chi connectivity index (χ3n) is 5.18. The Morgan fingerprint density at radius 1 is 1.03 bits per heavy atom. The third-order valence-corrected chi connectivity index (χ3v) is 7.84. The number of nitrogens with one attached hydrogen (secondary N) is 1. The summed E-state index contributed by atoms with van der Waals surface area (Å²) in [4.78, 5) is 27.8. The molecule has 0 atom stereocenters. The minimum Gasteiger partial charge on any atom is -0.350 e. The number of carbonyl (C=O) groups excluding carboxylic acids is 2. The van der Waals surface area contributed by atoms with Crippen molar-refractivity contribution in [1.29, 1.82) is 0 Å². The molecule has 0 fully saturated rings. The van der Waals surface area contributed by atoms with Crippen molar-refractivity contribution in [3.63, 3.8) is 0 Å². The fourth-order valence-electron chi connectivity index (χ4n) is 3.18. The van der Waals surface area contributed by atoms with Crippen molar-refractivity contribution in [2.75, 3.05) is 24.4 Å². The van der Waals surface area contributed by atoms with Gasteiger partial charge in [0.1, 0.15) is 0 Å². The quantitative estimate of drug-likeness (QED) is 0.501. The van der Waals surface area contributed by atoms with Crippen LogP contribution in [0.15, 0.2) is 70.9 Å². The van der Waals surface area contributed by atoms with E-state index in [1.54, 1.807) is 36.5 Å². The van der Waals surface area contributed by atoms with Gasteiger partial charge in [-0.1, -0.05) is 29.8 Å². The molecule has 0 aliphatic heterocycles. The summed E-state index contributed by atoms with van der Waals surface area (Å²) >= 11 is 1.54. The van der Waals surface area contributed by atoms with Crippen molar-refractivity contribution in [1.82, 2.24) is 10.2 Å². The number of likely N-dealkylation sites (N-methyl/N-ethyl adjacent to an activating group) is 1. The zero-order valence-corrected chi connectivity index (χ0v) is 20.4. The lowest BCUT2D eigenvalue weighted by atomic mass is 10.2. The van der Waals surface area contributed by atoms with Crippen LogP contribution < -0.4 is 9.62 Å². The van der Waals surface area contributed by atoms with Gasteiger partial charge in [0.15, 0.2) is 0 Å². The molecule has 33 heavy (non-hydrogen) atoms. The Morgan fingerprint density at radius 2 is 1.76 bits per heavy atom. The molecule has 0 unspecified atom stereocenters. The summed E-state index contributed by atoms with van der Waals surface area (Å²) < 4.78 is 27.5. The van der Waals surface area contributed by atoms with Gasteiger partial charge in [0.25, 0.3) is 15.9 Å². The summed E-state index contributed by atoms with van der Waals surface area (Å²) in [6.45, 7) is 4.30. The van der Waals surface area contributed by atoms with Gasteiger partial charge < -0.3 is 10.2 Å². The predicted octanol–water partition coefficient (Wildman–Crippen LogP) is 3.66. The maximum Gasteiger partial charge on any atom is 0.264 e. The Kier molecular flexibility index (Phi) is 7.88. The van der Waals surface area contributed by atoms with Gasteiger partial charge >= 0.3 is 0 Å². The highest BCUT2D eigenvalue weighted by atomic mass is 32.2. The van der Waals surface area contributed by atoms with Crippen LogP contribution in [0, 0.1) is 6.92 Å². The standard InChI is InChI=1S/C24H27N3O4S2/c1-4-27(17-23(28)25-16-21-8-6-14-32-21)24(29)19-7-5-9-22(15-19)33(30,31)26(3)20-12-10-18(2)11-13-20/h5-15H,4,16-17H2,1-3H3,(H,25,28). The van der Waals surface area contributed by atoms with Gasteiger partial charge in [0.2, 0.25) is 5.91 Å². The summed E-state index contributed by atoms with van der Waals surface area (Å²) in [5.74, 6) is -0.680. The molecule has 0 aliphatic rings. The number of sulfonamides is 1. The van der Waals surface area contributed by atoms with E-state index in [-0.39, 0.29) is 22.9 Å². The van der Waals surface area contributed by atoms with E-state index in [0.717, 1.165) is 10.4 Å². The Hall–Kier alpha value is -3.17. The molecular weight excluding hydrogens is 458 g/mol. The maximum absolute atomic E-state index is 13.1. The van der Waals surface area contributed by atoms with Gasteiger partial charge in [0, 0.05) is 24.0 Å². The van der Waals surface area contributed by atoms with Crippen molar-refractivity contribution < 1.29 is 18.0 Å². The largest absolute Gasteiger partial charge is 0.350 e. The molecule has 0 radical (unpaired) electrons. The Balaban J connectivity index is 1.74. The van der Waals surface area contributed by atoms with Gasteiger partial charge in [-0.15, -0.1) is 11.3 Å². The molecule has 0 spiro atoms. The summed E-state index contributed by atoms with van der Waals surface area (Å²) in [5, 5.41) is 4.74. The number of anilines is 1. The molecule has 3 rings (SSSR count). The second-order valence-electron chi connectivity index (χ2n) is 7.51. The normalized spacial score (nSPS) is 11.1. The number of carbonyl (C=O) groups is 2. The highest BCUT2D eigenvalue weighted by Gasteiger charge is 2.24. The summed E-state index contributed by atoms with van der Waals surface area (Å²) in [6.07, 6.45) is 0. The molecule has 0 saturated carbocycles. The first-order chi connectivity index (χ1) is 15.7. The smallest absolute Gasteiger partial charge is 0.264 e. The Morgan fingerprint density at radius 3 is 2.39 bits per heavy atom. The first-order valence-corrected chi connectivity index (χ1v) is 12.8. The van der Waals surface area contributed by atoms with E-state index in [2.05, 4.69) is 5.32 Å². The molecule has 0 aliphatic carbocycles. The number of hydrogen-bond donors (Lipinski definition) is 1. The van der Waals surface area contributed by atoms with Crippen molar-refractivity contribution in [2.45, 2.75) is 25.3 Å². The molecule has 2 amide bonds. The second-order valence-corrected chi connectivity index (χ2v) is 10.5. The number of benzene rings is 2. The third kappa shape index (κ3) is 6.00. The van der Waals surface area contributed by atoms with Crippen molar-refractivity contribution in [2.24, 2.45) is 0 Å². The number of aryl methyl sites for hydroxylation is 1. The lowest BCUT2D eigenvalue weighted by molar-refractivity contribution is -0.121. The molecule has 0 saturated heterocycles. The van der Waals surface area contributed by atoms with Crippen LogP contribution in [0.3, 0.4) is 0 Å². The number of thiophene rings is 1. The zero-order valence-electron chi connectivity index (χ0n) is 18.8. The van der Waals surface area contributed by atoms with E-state index in [1.165, 1.54) is 34.5 Å². The van der Waals surface area contributed by atoms with Crippen LogP contribution in [0.4, 0.5) is 5.69 Å². The van der Waals surface area contributed by atoms with Gasteiger partial charge in [0.05, 0.1) is 23.7 Å². The van der Waals surface area contributed by atoms with Crippen LogP contribution in [0.5, 0.6) is 0 Å². The molecule has 9 heteroatoms. The van der Waals surface area contributed by atoms with E-state index in [1.807, 2.05) is 36.6 Å². The SMILES string of the molecule is CCN(CC(=O)NCc1cccs1)C(=O)c1cccc(S(=O)(=O)N(C)c2ccc(C)cc2)c1. The summed E-state index contributed by atoms with van der Waals surface area (Å²) in [6, 6.07) is 16.9. The molecule has 1 heterocycles. The van der Waals surface area contributed by atoms with Crippen LogP contribution in [-0.2, 0) is 21.4 Å². The fourth-order valence-corrected chi connectivity index (χ4v) is 5.07. The molecule has 7 nitrogen and oxygen atoms in total. The molecule has 1 N–H and O–H groups in total. The van der Waals surface area contributed by atoms with Gasteiger partial charge in [-0.3, -0.25) is 13.9 Å². The fraction of sp³-hybridized carbons (Fsp3) is 0.250. The highest BCUT2D eigenvalue weighted by molar-refractivity contribution is 7.92. The van der Waals surface area contributed by atoms with Crippen LogP contribution in [0.25, 0.3) is 0 Å². The average molecular weight is 486 g/mol. The number of amides is 2. The topological polar surface area (TPSA) is 86.8 Å². The van der Waals surface area contributed by atoms with E-state index in [4.69, 9.17) is 0 Å². The molecule has 2 aromatic carbocycles. The number of hydrogen-bond acceptors (Lipinski definition) is 5. The lowest BCUT2D eigenvalue weighted by Crippen LogP contribution is -2.40. The van der Waals surface area contributed by atoms with Crippen molar-refractivity contribution in [3.05, 3.63) is 82.0 Å². The van der Waals surface area contributed by atoms with Gasteiger partial charge in [-0.05, 0) is 55.6 Å². The van der Waals surface area contributed by atoms with Crippen molar-refractivity contribution >= 4 is 38.9 Å². The summed E-state index contributed by atoms with van der Waals surface area (Å²) in [5.41, 5.74) is 1.76. The van der Waals surface area contributed by atoms with E-state index in [9.17, 15) is 18.0 Å². The monoisotopic (exact) mass is 485 g/mol. The first kappa shape index (κ1) is 24.5. The van der Waals surface area contributed by atoms with E-state index in [0.29, 0.717) is 18.8 Å². The van der Waals surface area contributed by atoms with Crippen LogP contribution in [0.2, 0.25) is 0 Å². The first-order valence-electron chi connectivity index (χ1n) is 10.5. The van der Waals surface area contributed by atoms with Crippen molar-refractivity contribution in [3.8, 4) is 0 Å². The molecule has 174 valence electrons. The minimum atomic E-state index is -3.87. The molecule has 3 aromatic rings. The van der Waals surface area contributed by atoms with Crippen LogP contribution >= 0.6 is 11.3 Å². The zero-order chi connectivity index (χ0) is 24.0. The maximum atomic E-state index is 13.1. The van der Waals surface area contributed by atoms with E-state index >= 15 is 0 Å². The number of nitrogens with zero attached hydrogens (tertiary/aromatic N) is 2. The predicted molar refractivity (Wildman–Crippen MR) is 131 cm³/mol. The van der Waals surface area contributed by atoms with Gasteiger partial charge in [-0.25, -0.2) is 8.42 Å². The summed E-state index contributed by atoms with van der Waals surface area (Å²) in [7, 11) is -2.39. The highest BCUT2D eigenvalue weighted by Crippen LogP contribution is 2.23. The van der Waals surface area contributed by atoms with Gasteiger partial charge in [-0.2, -0.15) is 0 Å². The minimum absolute atomic E-state index is 0.00891. The molecular formula is C24H27N3O4S2. The second kappa shape index (κ2) is 10.6. The van der Waals surface area contributed by atoms with Crippen LogP contribution in [0.1, 0.15) is 27.7 Å². The Labute approximate surface area is 198 Å². The average Bonchev–Trinajstić information content (AvgIpc) is 3.34. The number of rotatable bonds is 9. The molecule has 0 bridgehead atoms. The van der Waals surface area contributed by atoms with E-state index < -0.39 is 15.9 Å². The lowest BCUT2D eigenvalue weighted by Gasteiger charge is -2.22. The Bertz CT molecular complexity index is 1210.